The topological polar surface area (TPSA) is 70.1 Å². The van der Waals surface area contributed by atoms with Crippen LogP contribution in [0.1, 0.15) is 21.5 Å². The number of aromatic carboxylic acids is 1. The van der Waals surface area contributed by atoms with E-state index in [1.165, 1.54) is 11.8 Å². The lowest BCUT2D eigenvalue weighted by Gasteiger charge is -2.15. The molecule has 0 aromatic heterocycles. The average molecular weight is 602 g/mol. The third-order valence-electron chi connectivity index (χ3n) is 6.03. The lowest BCUT2D eigenvalue weighted by Crippen LogP contribution is -2.30. The lowest BCUT2D eigenvalue weighted by atomic mass is 10.0. The number of thioether (sulfide) groups is 1. The number of carboxylic acids is 1. The summed E-state index contributed by atoms with van der Waals surface area (Å²) in [5.41, 5.74) is 3.56. The van der Waals surface area contributed by atoms with Crippen LogP contribution in [0.5, 0.6) is 5.75 Å². The normalized spacial score (nSPS) is 14.5. The molecular formula is C29H26Cl2N2O4S2. The van der Waals surface area contributed by atoms with Crippen molar-refractivity contribution >= 4 is 69.5 Å². The number of amides is 1. The van der Waals surface area contributed by atoms with Gasteiger partial charge in [-0.3, -0.25) is 9.69 Å². The first-order valence-corrected chi connectivity index (χ1v) is 14.0. The Morgan fingerprint density at radius 2 is 1.85 bits per heavy atom. The van der Waals surface area contributed by atoms with E-state index in [0.29, 0.717) is 44.6 Å². The Kier molecular flexibility index (Phi) is 9.69. The summed E-state index contributed by atoms with van der Waals surface area (Å²) < 4.78 is 6.54. The minimum absolute atomic E-state index is 0.179. The predicted octanol–water partition coefficient (Wildman–Crippen LogP) is 6.74. The van der Waals surface area contributed by atoms with Crippen molar-refractivity contribution in [1.29, 1.82) is 0 Å². The number of hydrogen-bond acceptors (Lipinski definition) is 6. The number of benzene rings is 3. The van der Waals surface area contributed by atoms with Gasteiger partial charge in [-0.15, -0.1) is 0 Å². The van der Waals surface area contributed by atoms with Gasteiger partial charge < -0.3 is 14.7 Å². The molecule has 0 radical (unpaired) electrons. The maximum absolute atomic E-state index is 13.3. The van der Waals surface area contributed by atoms with E-state index in [1.54, 1.807) is 47.4 Å². The standard InChI is InChI=1S/C29H26Cl2N2O4S2/c1-32(2)13-14-37-25-10-7-20(23-9-8-22(30)17-24(23)31)15-21(25)16-26-27(34)33(29(38)39-26)12-11-18-3-5-19(6-4-18)28(35)36/h3-10,15-17H,11-14H2,1-2H3,(H,35,36)/b26-16-. The zero-order valence-electron chi connectivity index (χ0n) is 21.3. The first kappa shape index (κ1) is 29.1. The van der Waals surface area contributed by atoms with Crippen molar-refractivity contribution in [3.8, 4) is 16.9 Å². The van der Waals surface area contributed by atoms with Crippen LogP contribution < -0.4 is 4.74 Å². The van der Waals surface area contributed by atoms with Crippen LogP contribution in [0.25, 0.3) is 17.2 Å². The number of hydrogen-bond donors (Lipinski definition) is 1. The molecule has 202 valence electrons. The van der Waals surface area contributed by atoms with Gasteiger partial charge in [0.2, 0.25) is 0 Å². The molecule has 1 fully saturated rings. The van der Waals surface area contributed by atoms with Crippen LogP contribution in [-0.2, 0) is 11.2 Å². The van der Waals surface area contributed by atoms with E-state index in [0.717, 1.165) is 28.8 Å². The molecule has 39 heavy (non-hydrogen) atoms. The smallest absolute Gasteiger partial charge is 0.335 e. The number of halogens is 2. The third-order valence-corrected chi connectivity index (χ3v) is 7.96. The van der Waals surface area contributed by atoms with Crippen molar-refractivity contribution < 1.29 is 19.4 Å². The van der Waals surface area contributed by atoms with Crippen molar-refractivity contribution in [2.45, 2.75) is 6.42 Å². The second-order valence-electron chi connectivity index (χ2n) is 9.11. The Morgan fingerprint density at radius 3 is 2.51 bits per heavy atom. The van der Waals surface area contributed by atoms with Gasteiger partial charge in [-0.2, -0.15) is 0 Å². The molecule has 0 bridgehead atoms. The Balaban J connectivity index is 1.58. The Labute approximate surface area is 247 Å². The van der Waals surface area contributed by atoms with Crippen LogP contribution in [0.2, 0.25) is 10.0 Å². The summed E-state index contributed by atoms with van der Waals surface area (Å²) in [6, 6.07) is 17.7. The summed E-state index contributed by atoms with van der Waals surface area (Å²) in [6.45, 7) is 1.61. The zero-order valence-corrected chi connectivity index (χ0v) is 24.5. The Morgan fingerprint density at radius 1 is 1.10 bits per heavy atom. The van der Waals surface area contributed by atoms with Gasteiger partial charge in [0, 0.05) is 34.3 Å². The molecule has 0 aliphatic carbocycles. The molecule has 0 spiro atoms. The molecule has 1 aliphatic heterocycles. The summed E-state index contributed by atoms with van der Waals surface area (Å²) in [4.78, 5) is 28.5. The van der Waals surface area contributed by atoms with Gasteiger partial charge in [0.05, 0.1) is 10.5 Å². The molecule has 0 saturated carbocycles. The van der Waals surface area contributed by atoms with Crippen molar-refractivity contribution in [2.24, 2.45) is 0 Å². The summed E-state index contributed by atoms with van der Waals surface area (Å²) in [5.74, 6) is -0.508. The van der Waals surface area contributed by atoms with Crippen molar-refractivity contribution in [2.75, 3.05) is 33.8 Å². The number of ether oxygens (including phenoxy) is 1. The van der Waals surface area contributed by atoms with Crippen LogP contribution in [0.3, 0.4) is 0 Å². The number of carboxylic acid groups (broad SMARTS) is 1. The first-order chi connectivity index (χ1) is 18.6. The van der Waals surface area contributed by atoms with Crippen LogP contribution in [-0.4, -0.2) is 64.9 Å². The fraction of sp³-hybridized carbons (Fsp3) is 0.207. The second kappa shape index (κ2) is 13.0. The number of thiocarbonyl (C=S) groups is 1. The molecule has 3 aromatic carbocycles. The van der Waals surface area contributed by atoms with E-state index >= 15 is 0 Å². The second-order valence-corrected chi connectivity index (χ2v) is 11.6. The molecular weight excluding hydrogens is 575 g/mol. The Hall–Kier alpha value is -2.88. The maximum Gasteiger partial charge on any atom is 0.335 e. The van der Waals surface area contributed by atoms with Crippen molar-refractivity contribution in [3.05, 3.63) is 92.3 Å². The lowest BCUT2D eigenvalue weighted by molar-refractivity contribution is -0.122. The zero-order chi connectivity index (χ0) is 28.1. The minimum Gasteiger partial charge on any atom is -0.492 e. The number of likely N-dealkylation sites (N-methyl/N-ethyl adjacent to an activating group) is 1. The van der Waals surface area contributed by atoms with Gasteiger partial charge in [-0.25, -0.2) is 4.79 Å². The quantitative estimate of drug-likeness (QED) is 0.204. The highest BCUT2D eigenvalue weighted by molar-refractivity contribution is 8.26. The molecule has 1 aliphatic rings. The number of nitrogens with zero attached hydrogens (tertiary/aromatic N) is 2. The van der Waals surface area contributed by atoms with Gasteiger partial charge in [0.1, 0.15) is 16.7 Å². The van der Waals surface area contributed by atoms with E-state index < -0.39 is 5.97 Å². The number of carbonyl (C=O) groups is 2. The van der Waals surface area contributed by atoms with Crippen LogP contribution in [0, 0.1) is 0 Å². The van der Waals surface area contributed by atoms with E-state index in [1.807, 2.05) is 43.3 Å². The molecule has 4 rings (SSSR count). The highest BCUT2D eigenvalue weighted by Crippen LogP contribution is 2.37. The van der Waals surface area contributed by atoms with Gasteiger partial charge >= 0.3 is 5.97 Å². The van der Waals surface area contributed by atoms with Crippen molar-refractivity contribution in [1.82, 2.24) is 9.80 Å². The van der Waals surface area contributed by atoms with Crippen LogP contribution >= 0.6 is 47.2 Å². The van der Waals surface area contributed by atoms with Gasteiger partial charge in [0.15, 0.2) is 0 Å². The summed E-state index contributed by atoms with van der Waals surface area (Å²) in [5, 5.41) is 10.2. The highest BCUT2D eigenvalue weighted by Gasteiger charge is 2.32. The molecule has 0 atom stereocenters. The molecule has 10 heteroatoms. The fourth-order valence-electron chi connectivity index (χ4n) is 3.91. The van der Waals surface area contributed by atoms with Gasteiger partial charge in [-0.05, 0) is 74.1 Å². The van der Waals surface area contributed by atoms with Crippen molar-refractivity contribution in [3.63, 3.8) is 0 Å². The van der Waals surface area contributed by atoms with Gasteiger partial charge in [0.25, 0.3) is 5.91 Å². The van der Waals surface area contributed by atoms with Crippen LogP contribution in [0.15, 0.2) is 65.6 Å². The molecule has 3 aromatic rings. The maximum atomic E-state index is 13.3. The third kappa shape index (κ3) is 7.41. The van der Waals surface area contributed by atoms with Gasteiger partial charge in [-0.1, -0.05) is 71.4 Å². The molecule has 6 nitrogen and oxygen atoms in total. The largest absolute Gasteiger partial charge is 0.492 e. The Bertz CT molecular complexity index is 1440. The molecule has 0 unspecified atom stereocenters. The average Bonchev–Trinajstić information content (AvgIpc) is 3.15. The molecule has 1 saturated heterocycles. The summed E-state index contributed by atoms with van der Waals surface area (Å²) in [6.07, 6.45) is 2.35. The molecule has 1 heterocycles. The minimum atomic E-state index is -0.976. The van der Waals surface area contributed by atoms with E-state index in [2.05, 4.69) is 0 Å². The van der Waals surface area contributed by atoms with E-state index in [9.17, 15) is 9.59 Å². The highest BCUT2D eigenvalue weighted by atomic mass is 35.5. The summed E-state index contributed by atoms with van der Waals surface area (Å²) >= 11 is 19.3. The van der Waals surface area contributed by atoms with E-state index in [-0.39, 0.29) is 11.5 Å². The van der Waals surface area contributed by atoms with E-state index in [4.69, 9.17) is 45.3 Å². The monoisotopic (exact) mass is 600 g/mol. The predicted molar refractivity (Wildman–Crippen MR) is 163 cm³/mol. The first-order valence-electron chi connectivity index (χ1n) is 12.1. The molecule has 1 amide bonds. The number of carbonyl (C=O) groups excluding carboxylic acids is 1. The SMILES string of the molecule is CN(C)CCOc1ccc(-c2ccc(Cl)cc2Cl)cc1/C=C1\SC(=S)N(CCc2ccc(C(=O)O)cc2)C1=O. The molecule has 1 N–H and O–H groups in total. The van der Waals surface area contributed by atoms with Crippen LogP contribution in [0.4, 0.5) is 0 Å². The summed E-state index contributed by atoms with van der Waals surface area (Å²) in [7, 11) is 3.95. The fourth-order valence-corrected chi connectivity index (χ4v) is 5.73. The number of rotatable bonds is 10.